The lowest BCUT2D eigenvalue weighted by molar-refractivity contribution is 0.139. The van der Waals surface area contributed by atoms with Crippen molar-refractivity contribution in [2.75, 3.05) is 0 Å². The van der Waals surface area contributed by atoms with E-state index in [1.807, 2.05) is 0 Å². The highest BCUT2D eigenvalue weighted by molar-refractivity contribution is 6.83. The van der Waals surface area contributed by atoms with Crippen LogP contribution in [0.4, 0.5) is 0 Å². The van der Waals surface area contributed by atoms with Gasteiger partial charge in [0.15, 0.2) is 16.6 Å². The van der Waals surface area contributed by atoms with E-state index in [0.717, 1.165) is 25.7 Å². The maximum absolute atomic E-state index is 7.19. The summed E-state index contributed by atoms with van der Waals surface area (Å²) in [6, 6.07) is 0. The zero-order valence-electron chi connectivity index (χ0n) is 24.6. The summed E-state index contributed by atoms with van der Waals surface area (Å²) >= 11 is 0. The lowest BCUT2D eigenvalue weighted by Crippen LogP contribution is -2.56. The molecule has 0 bridgehead atoms. The SMILES string of the molecule is C=C=CCC[C@H](CC[C@H](O[Si](C)(C)C(C)(C)C)[Si](C)(C)C(C)(C)C)O[Si](C)(C)C(C)(C)C. The van der Waals surface area contributed by atoms with Crippen molar-refractivity contribution in [1.29, 1.82) is 0 Å². The molecule has 32 heavy (non-hydrogen) atoms. The fourth-order valence-electron chi connectivity index (χ4n) is 3.15. The van der Waals surface area contributed by atoms with E-state index in [0.29, 0.717) is 10.8 Å². The maximum Gasteiger partial charge on any atom is 0.192 e. The minimum atomic E-state index is -1.86. The van der Waals surface area contributed by atoms with Crippen LogP contribution in [0.5, 0.6) is 0 Å². The van der Waals surface area contributed by atoms with Gasteiger partial charge in [-0.2, -0.15) is 0 Å². The van der Waals surface area contributed by atoms with Gasteiger partial charge in [-0.05, 0) is 73.1 Å². The third kappa shape index (κ3) is 9.03. The third-order valence-electron chi connectivity index (χ3n) is 8.78. The molecule has 0 N–H and O–H groups in total. The Morgan fingerprint density at radius 3 is 1.50 bits per heavy atom. The highest BCUT2D eigenvalue weighted by Gasteiger charge is 2.48. The second-order valence-electron chi connectivity index (χ2n) is 14.4. The average Bonchev–Trinajstić information content (AvgIpc) is 2.54. The highest BCUT2D eigenvalue weighted by Crippen LogP contribution is 2.45. The standard InChI is InChI=1S/C27H58O2Si3/c1-17-18-19-20-23(28-31(13,14)26(5,6)7)21-22-24(30(11,12)25(2,3)4)29-32(15,16)27(8,9)10/h18,23-24H,1,19-22H2,2-16H3/t23-,24-/m1/s1. The Morgan fingerprint density at radius 2 is 1.12 bits per heavy atom. The molecule has 0 rings (SSSR count). The summed E-state index contributed by atoms with van der Waals surface area (Å²) in [5.74, 6) is 0. The normalized spacial score (nSPS) is 16.5. The van der Waals surface area contributed by atoms with Crippen LogP contribution in [0.1, 0.15) is 88.0 Å². The molecule has 0 aliphatic heterocycles. The van der Waals surface area contributed by atoms with Gasteiger partial charge in [0.2, 0.25) is 0 Å². The molecule has 0 aromatic heterocycles. The van der Waals surface area contributed by atoms with E-state index in [-0.39, 0.29) is 16.2 Å². The number of hydrogen-bond donors (Lipinski definition) is 0. The van der Waals surface area contributed by atoms with Crippen molar-refractivity contribution in [3.8, 4) is 0 Å². The predicted molar refractivity (Wildman–Crippen MR) is 154 cm³/mol. The Morgan fingerprint density at radius 1 is 0.688 bits per heavy atom. The topological polar surface area (TPSA) is 18.5 Å². The highest BCUT2D eigenvalue weighted by atomic mass is 28.4. The molecule has 0 heterocycles. The summed E-state index contributed by atoms with van der Waals surface area (Å²) < 4.78 is 14.1. The van der Waals surface area contributed by atoms with Gasteiger partial charge in [-0.1, -0.05) is 82.0 Å². The molecule has 190 valence electrons. The van der Waals surface area contributed by atoms with Gasteiger partial charge in [-0.3, -0.25) is 0 Å². The van der Waals surface area contributed by atoms with Crippen molar-refractivity contribution in [3.63, 3.8) is 0 Å². The Hall–Kier alpha value is 0.0906. The molecule has 2 atom stereocenters. The summed E-state index contributed by atoms with van der Waals surface area (Å²) in [5, 5.41) is 0.733. The number of allylic oxidation sites excluding steroid dienone is 1. The van der Waals surface area contributed by atoms with E-state index >= 15 is 0 Å². The van der Waals surface area contributed by atoms with E-state index in [4.69, 9.17) is 8.85 Å². The summed E-state index contributed by atoms with van der Waals surface area (Å²) in [5.41, 5.74) is 3.29. The van der Waals surface area contributed by atoms with Crippen molar-refractivity contribution >= 4 is 24.7 Å². The van der Waals surface area contributed by atoms with Gasteiger partial charge in [0.25, 0.3) is 0 Å². The van der Waals surface area contributed by atoms with Crippen LogP contribution < -0.4 is 0 Å². The first-order chi connectivity index (χ1) is 14.0. The first-order valence-corrected chi connectivity index (χ1v) is 21.6. The molecule has 0 spiro atoms. The lowest BCUT2D eigenvalue weighted by Gasteiger charge is -2.49. The fourth-order valence-corrected chi connectivity index (χ4v) is 9.67. The van der Waals surface area contributed by atoms with Gasteiger partial charge in [0, 0.05) is 11.8 Å². The molecule has 0 saturated heterocycles. The minimum absolute atomic E-state index is 0.218. The molecular formula is C27H58O2Si3. The van der Waals surface area contributed by atoms with Crippen LogP contribution in [0, 0.1) is 0 Å². The van der Waals surface area contributed by atoms with Gasteiger partial charge in [-0.15, -0.1) is 5.73 Å². The van der Waals surface area contributed by atoms with Crippen molar-refractivity contribution in [2.45, 2.75) is 154 Å². The molecule has 5 heteroatoms. The second-order valence-corrected chi connectivity index (χ2v) is 29.5. The van der Waals surface area contributed by atoms with E-state index in [2.05, 4.69) is 120 Å². The molecule has 0 aromatic carbocycles. The van der Waals surface area contributed by atoms with Crippen LogP contribution in [0.3, 0.4) is 0 Å². The third-order valence-corrected chi connectivity index (χ3v) is 23.9. The molecule has 0 aliphatic carbocycles. The van der Waals surface area contributed by atoms with Crippen molar-refractivity contribution in [3.05, 3.63) is 18.4 Å². The number of hydrogen-bond acceptors (Lipinski definition) is 2. The Kier molecular flexibility index (Phi) is 11.3. The molecule has 2 nitrogen and oxygen atoms in total. The van der Waals surface area contributed by atoms with Gasteiger partial charge >= 0.3 is 0 Å². The molecule has 0 fully saturated rings. The maximum atomic E-state index is 7.19. The largest absolute Gasteiger partial charge is 0.417 e. The summed E-state index contributed by atoms with van der Waals surface area (Å²) in [6.07, 6.45) is 6.52. The van der Waals surface area contributed by atoms with E-state index in [1.54, 1.807) is 0 Å². The van der Waals surface area contributed by atoms with Gasteiger partial charge in [0.05, 0.1) is 8.07 Å². The molecule has 0 saturated carbocycles. The average molecular weight is 499 g/mol. The Labute approximate surface area is 205 Å². The Balaban J connectivity index is 5.87. The molecular weight excluding hydrogens is 441 g/mol. The van der Waals surface area contributed by atoms with E-state index < -0.39 is 24.7 Å². The molecule has 0 amide bonds. The molecule has 0 aliphatic rings. The van der Waals surface area contributed by atoms with Crippen LogP contribution in [0.15, 0.2) is 18.4 Å². The second kappa shape index (κ2) is 11.2. The first-order valence-electron chi connectivity index (χ1n) is 12.7. The van der Waals surface area contributed by atoms with E-state index in [9.17, 15) is 0 Å². The Bertz CT molecular complexity index is 625. The summed E-state index contributed by atoms with van der Waals surface area (Å²) in [7, 11) is -5.37. The predicted octanol–water partition coefficient (Wildman–Crippen LogP) is 9.72. The van der Waals surface area contributed by atoms with Crippen LogP contribution in [-0.4, -0.2) is 36.5 Å². The summed E-state index contributed by atoms with van der Waals surface area (Å²) in [6.45, 7) is 39.7. The zero-order chi connectivity index (χ0) is 25.8. The first kappa shape index (κ1) is 32.1. The van der Waals surface area contributed by atoms with Crippen LogP contribution in [-0.2, 0) is 8.85 Å². The number of rotatable bonds is 11. The van der Waals surface area contributed by atoms with Gasteiger partial charge < -0.3 is 8.85 Å². The van der Waals surface area contributed by atoms with Crippen molar-refractivity contribution in [2.24, 2.45) is 0 Å². The summed E-state index contributed by atoms with van der Waals surface area (Å²) in [4.78, 5) is 0. The minimum Gasteiger partial charge on any atom is -0.417 e. The van der Waals surface area contributed by atoms with Gasteiger partial charge in [-0.25, -0.2) is 0 Å². The van der Waals surface area contributed by atoms with E-state index in [1.165, 1.54) is 0 Å². The van der Waals surface area contributed by atoms with Crippen molar-refractivity contribution in [1.82, 2.24) is 0 Å². The smallest absolute Gasteiger partial charge is 0.192 e. The zero-order valence-corrected chi connectivity index (χ0v) is 27.6. The quantitative estimate of drug-likeness (QED) is 0.208. The molecule has 0 radical (unpaired) electrons. The van der Waals surface area contributed by atoms with Gasteiger partial charge in [0.1, 0.15) is 0 Å². The van der Waals surface area contributed by atoms with Crippen LogP contribution in [0.25, 0.3) is 0 Å². The van der Waals surface area contributed by atoms with Crippen molar-refractivity contribution < 1.29 is 8.85 Å². The molecule has 0 aromatic rings. The lowest BCUT2D eigenvalue weighted by atomic mass is 10.1. The fraction of sp³-hybridized carbons (Fsp3) is 0.889. The monoisotopic (exact) mass is 498 g/mol. The molecule has 0 unspecified atom stereocenters. The van der Waals surface area contributed by atoms with Crippen LogP contribution >= 0.6 is 0 Å². The van der Waals surface area contributed by atoms with Crippen LogP contribution in [0.2, 0.25) is 54.4 Å².